The zero-order chi connectivity index (χ0) is 28.6. The van der Waals surface area contributed by atoms with Crippen LogP contribution in [0.25, 0.3) is 0 Å². The fraction of sp³-hybridized carbons (Fsp3) is 0.469. The van der Waals surface area contributed by atoms with Crippen LogP contribution in [-0.4, -0.2) is 71.4 Å². The minimum atomic E-state index is -1.17. The van der Waals surface area contributed by atoms with E-state index in [0.717, 1.165) is 32.2 Å². The van der Waals surface area contributed by atoms with Crippen molar-refractivity contribution in [3.8, 4) is 0 Å². The molecule has 1 aliphatic carbocycles. The average molecular weight is 577 g/mol. The standard InChI is InChI=1S/C32H37ClN4O4/c1-36(20-21-9-4-2-5-10-21)17-18-37-28(30(39)34-23-12-6-3-7-13-23)32-16-15-25(41-32)26(27(32)31(37)40)29(38)35-24-14-8-11-22(33)19-24/h2,4-5,8-11,14-16,19,23,25-28H,3,6-7,12-13,17-18,20H2,1H3,(H,34,39)(H,35,38)/t25-,26-,27-,28-,32+/m1/s1. The van der Waals surface area contributed by atoms with Gasteiger partial charge < -0.3 is 25.2 Å². The first kappa shape index (κ1) is 27.9. The molecule has 8 nitrogen and oxygen atoms in total. The summed E-state index contributed by atoms with van der Waals surface area (Å²) in [6.07, 6.45) is 8.36. The Hall–Kier alpha value is -3.20. The molecule has 4 aliphatic rings. The van der Waals surface area contributed by atoms with Gasteiger partial charge in [-0.3, -0.25) is 14.4 Å². The minimum absolute atomic E-state index is 0.0916. The molecule has 41 heavy (non-hydrogen) atoms. The van der Waals surface area contributed by atoms with Crippen LogP contribution in [0.5, 0.6) is 0 Å². The van der Waals surface area contributed by atoms with Gasteiger partial charge in [-0.2, -0.15) is 0 Å². The molecule has 2 bridgehead atoms. The highest BCUT2D eigenvalue weighted by atomic mass is 35.5. The number of nitrogens with zero attached hydrogens (tertiary/aromatic N) is 2. The number of amides is 3. The predicted octanol–water partition coefficient (Wildman–Crippen LogP) is 4.01. The summed E-state index contributed by atoms with van der Waals surface area (Å²) in [7, 11) is 2.01. The summed E-state index contributed by atoms with van der Waals surface area (Å²) in [4.78, 5) is 45.6. The molecule has 0 unspecified atom stereocenters. The number of fused-ring (bicyclic) bond motifs is 1. The number of halogens is 1. The lowest BCUT2D eigenvalue weighted by molar-refractivity contribution is -0.141. The lowest BCUT2D eigenvalue weighted by atomic mass is 9.74. The Morgan fingerprint density at radius 3 is 2.61 bits per heavy atom. The number of carbonyl (C=O) groups is 3. The van der Waals surface area contributed by atoms with Gasteiger partial charge in [-0.1, -0.05) is 79.4 Å². The van der Waals surface area contributed by atoms with Gasteiger partial charge in [0.15, 0.2) is 0 Å². The van der Waals surface area contributed by atoms with Crippen LogP contribution in [0.1, 0.15) is 37.7 Å². The highest BCUT2D eigenvalue weighted by Crippen LogP contribution is 2.55. The van der Waals surface area contributed by atoms with Crippen molar-refractivity contribution in [3.63, 3.8) is 0 Å². The number of ether oxygens (including phenoxy) is 1. The van der Waals surface area contributed by atoms with E-state index in [2.05, 4.69) is 27.7 Å². The fourth-order valence-corrected chi connectivity index (χ4v) is 7.27. The molecule has 216 valence electrons. The summed E-state index contributed by atoms with van der Waals surface area (Å²) < 4.78 is 6.47. The molecule has 3 heterocycles. The Morgan fingerprint density at radius 1 is 1.07 bits per heavy atom. The highest BCUT2D eigenvalue weighted by molar-refractivity contribution is 6.30. The van der Waals surface area contributed by atoms with Crippen LogP contribution in [0.4, 0.5) is 5.69 Å². The molecule has 0 radical (unpaired) electrons. The van der Waals surface area contributed by atoms with E-state index in [1.807, 2.05) is 37.4 Å². The molecule has 6 rings (SSSR count). The number of carbonyl (C=O) groups excluding carboxylic acids is 3. The lowest BCUT2D eigenvalue weighted by Gasteiger charge is -2.34. The van der Waals surface area contributed by atoms with E-state index in [9.17, 15) is 14.4 Å². The van der Waals surface area contributed by atoms with Crippen LogP contribution >= 0.6 is 11.6 Å². The van der Waals surface area contributed by atoms with E-state index in [-0.39, 0.29) is 23.8 Å². The third kappa shape index (κ3) is 5.41. The molecule has 9 heteroatoms. The van der Waals surface area contributed by atoms with Crippen LogP contribution in [0.2, 0.25) is 5.02 Å². The molecule has 3 amide bonds. The molecule has 2 aromatic carbocycles. The van der Waals surface area contributed by atoms with Crippen LogP contribution in [0, 0.1) is 11.8 Å². The Labute approximate surface area is 246 Å². The van der Waals surface area contributed by atoms with E-state index < -0.39 is 29.6 Å². The second kappa shape index (κ2) is 11.6. The Morgan fingerprint density at radius 2 is 1.85 bits per heavy atom. The van der Waals surface area contributed by atoms with Gasteiger partial charge in [0.2, 0.25) is 17.7 Å². The molecule has 1 spiro atoms. The normalized spacial score (nSPS) is 28.8. The number of likely N-dealkylation sites (N-methyl/N-ethyl adjacent to an activating group) is 1. The van der Waals surface area contributed by atoms with Gasteiger partial charge in [-0.25, -0.2) is 0 Å². The second-order valence-electron chi connectivity index (χ2n) is 11.8. The molecule has 2 N–H and O–H groups in total. The van der Waals surface area contributed by atoms with Crippen molar-refractivity contribution in [3.05, 3.63) is 77.3 Å². The van der Waals surface area contributed by atoms with Gasteiger partial charge in [0.1, 0.15) is 11.6 Å². The maximum absolute atomic E-state index is 14.2. The largest absolute Gasteiger partial charge is 0.359 e. The number of anilines is 1. The molecule has 0 aromatic heterocycles. The first-order valence-electron chi connectivity index (χ1n) is 14.6. The maximum atomic E-state index is 14.2. The number of hydrogen-bond acceptors (Lipinski definition) is 5. The maximum Gasteiger partial charge on any atom is 0.246 e. The van der Waals surface area contributed by atoms with E-state index in [1.165, 1.54) is 12.0 Å². The number of nitrogens with one attached hydrogen (secondary N) is 2. The summed E-state index contributed by atoms with van der Waals surface area (Å²) in [5.41, 5.74) is 0.557. The van der Waals surface area contributed by atoms with Crippen molar-refractivity contribution >= 4 is 35.0 Å². The van der Waals surface area contributed by atoms with E-state index in [0.29, 0.717) is 23.8 Å². The number of rotatable bonds is 9. The molecular weight excluding hydrogens is 540 g/mol. The molecule has 1 saturated carbocycles. The Kier molecular flexibility index (Phi) is 7.90. The highest BCUT2D eigenvalue weighted by Gasteiger charge is 2.72. The van der Waals surface area contributed by atoms with E-state index >= 15 is 0 Å². The molecule has 2 saturated heterocycles. The summed E-state index contributed by atoms with van der Waals surface area (Å²) in [5, 5.41) is 6.67. The third-order valence-corrected chi connectivity index (χ3v) is 9.22. The van der Waals surface area contributed by atoms with Crippen LogP contribution in [0.15, 0.2) is 66.7 Å². The second-order valence-corrected chi connectivity index (χ2v) is 12.2. The minimum Gasteiger partial charge on any atom is -0.359 e. The number of hydrogen-bond donors (Lipinski definition) is 2. The fourth-order valence-electron chi connectivity index (χ4n) is 7.08. The summed E-state index contributed by atoms with van der Waals surface area (Å²) in [6, 6.07) is 16.3. The van der Waals surface area contributed by atoms with Crippen LogP contribution in [0.3, 0.4) is 0 Å². The smallest absolute Gasteiger partial charge is 0.246 e. The first-order valence-corrected chi connectivity index (χ1v) is 15.0. The number of likely N-dealkylation sites (tertiary alicyclic amines) is 1. The third-order valence-electron chi connectivity index (χ3n) is 8.99. The van der Waals surface area contributed by atoms with Gasteiger partial charge in [-0.05, 0) is 43.7 Å². The van der Waals surface area contributed by atoms with Crippen molar-refractivity contribution in [2.75, 3.05) is 25.5 Å². The predicted molar refractivity (Wildman–Crippen MR) is 157 cm³/mol. The number of benzene rings is 2. The SMILES string of the molecule is CN(CCN1C(=O)[C@H]2[C@H](C(=O)Nc3cccc(Cl)c3)[C@H]3C=C[C@@]2(O3)[C@H]1C(=O)NC1CCCCC1)Cc1ccccc1. The zero-order valence-corrected chi connectivity index (χ0v) is 24.1. The van der Waals surface area contributed by atoms with Crippen LogP contribution < -0.4 is 10.6 Å². The topological polar surface area (TPSA) is 91.0 Å². The Bertz CT molecular complexity index is 1330. The van der Waals surface area contributed by atoms with Crippen molar-refractivity contribution in [2.45, 2.75) is 62.4 Å². The van der Waals surface area contributed by atoms with Gasteiger partial charge in [-0.15, -0.1) is 0 Å². The summed E-state index contributed by atoms with van der Waals surface area (Å²) in [5.74, 6) is -2.24. The molecule has 3 fully saturated rings. The van der Waals surface area contributed by atoms with Crippen molar-refractivity contribution in [1.82, 2.24) is 15.1 Å². The quantitative estimate of drug-likeness (QED) is 0.440. The van der Waals surface area contributed by atoms with Gasteiger partial charge >= 0.3 is 0 Å². The summed E-state index contributed by atoms with van der Waals surface area (Å²) in [6.45, 7) is 1.65. The Balaban J connectivity index is 1.25. The van der Waals surface area contributed by atoms with E-state index in [4.69, 9.17) is 16.3 Å². The van der Waals surface area contributed by atoms with Gasteiger partial charge in [0.25, 0.3) is 0 Å². The zero-order valence-electron chi connectivity index (χ0n) is 23.3. The average Bonchev–Trinajstić information content (AvgIpc) is 3.60. The van der Waals surface area contributed by atoms with Crippen molar-refractivity contribution < 1.29 is 19.1 Å². The molecule has 2 aromatic rings. The lowest BCUT2D eigenvalue weighted by Crippen LogP contribution is -2.57. The van der Waals surface area contributed by atoms with Crippen molar-refractivity contribution in [2.24, 2.45) is 11.8 Å². The van der Waals surface area contributed by atoms with E-state index in [1.54, 1.807) is 29.2 Å². The van der Waals surface area contributed by atoms with Crippen LogP contribution in [-0.2, 0) is 25.7 Å². The van der Waals surface area contributed by atoms with Crippen molar-refractivity contribution in [1.29, 1.82) is 0 Å². The first-order chi connectivity index (χ1) is 19.9. The van der Waals surface area contributed by atoms with Gasteiger partial charge in [0.05, 0.1) is 17.9 Å². The molecule has 3 aliphatic heterocycles. The molecule has 5 atom stereocenters. The van der Waals surface area contributed by atoms with Gasteiger partial charge in [0, 0.05) is 36.4 Å². The molecular formula is C32H37ClN4O4. The monoisotopic (exact) mass is 576 g/mol. The summed E-state index contributed by atoms with van der Waals surface area (Å²) >= 11 is 6.13.